The van der Waals surface area contributed by atoms with Crippen LogP contribution in [0.25, 0.3) is 44.3 Å². The summed E-state index contributed by atoms with van der Waals surface area (Å²) in [6, 6.07) is 6.35. The van der Waals surface area contributed by atoms with Crippen molar-refractivity contribution in [3.63, 3.8) is 0 Å². The van der Waals surface area contributed by atoms with E-state index in [0.29, 0.717) is 0 Å². The molecule has 7 rings (SSSR count). The summed E-state index contributed by atoms with van der Waals surface area (Å²) in [5, 5.41) is 21.7. The molecule has 37 heavy (non-hydrogen) atoms. The molecule has 1 saturated carbocycles. The quantitative estimate of drug-likeness (QED) is 0.349. The molecule has 1 fully saturated rings. The number of H-pyrrole nitrogens is 1. The maximum Gasteiger partial charge on any atom is 0.152 e. The normalized spacial score (nSPS) is 17.1. The summed E-state index contributed by atoms with van der Waals surface area (Å²) in [7, 11) is 4.05. The summed E-state index contributed by atoms with van der Waals surface area (Å²) >= 11 is 0. The van der Waals surface area contributed by atoms with E-state index in [2.05, 4.69) is 51.9 Å². The second-order valence-electron chi connectivity index (χ2n) is 11.1. The van der Waals surface area contributed by atoms with Crippen LogP contribution in [0.2, 0.25) is 0 Å². The predicted molar refractivity (Wildman–Crippen MR) is 146 cm³/mol. The van der Waals surface area contributed by atoms with Gasteiger partial charge in [-0.3, -0.25) is 4.68 Å². The van der Waals surface area contributed by atoms with E-state index >= 15 is 0 Å². The fourth-order valence-corrected chi connectivity index (χ4v) is 6.69. The second-order valence-corrected chi connectivity index (χ2v) is 11.1. The van der Waals surface area contributed by atoms with Crippen LogP contribution < -0.4 is 4.90 Å². The van der Waals surface area contributed by atoms with Gasteiger partial charge in [-0.25, -0.2) is 9.67 Å². The van der Waals surface area contributed by atoms with E-state index in [9.17, 15) is 5.11 Å². The Kier molecular flexibility index (Phi) is 4.41. The van der Waals surface area contributed by atoms with Gasteiger partial charge in [0, 0.05) is 58.9 Å². The minimum atomic E-state index is -1.09. The van der Waals surface area contributed by atoms with Crippen LogP contribution in [0.15, 0.2) is 55.3 Å². The zero-order chi connectivity index (χ0) is 25.7. The maximum atomic E-state index is 10.6. The first kappa shape index (κ1) is 22.3. The third-order valence-electron chi connectivity index (χ3n) is 8.43. The molecule has 2 aliphatic rings. The summed E-state index contributed by atoms with van der Waals surface area (Å²) in [5.41, 5.74) is 8.51. The molecular weight excluding hydrogens is 462 g/mol. The first-order chi connectivity index (χ1) is 17.7. The Morgan fingerprint density at radius 1 is 1.05 bits per heavy atom. The number of aromatic amines is 1. The van der Waals surface area contributed by atoms with Crippen LogP contribution in [0.3, 0.4) is 0 Å². The lowest BCUT2D eigenvalue weighted by Crippen LogP contribution is -2.26. The molecule has 5 aromatic rings. The zero-order valence-electron chi connectivity index (χ0n) is 21.7. The molecule has 0 saturated heterocycles. The highest BCUT2D eigenvalue weighted by atomic mass is 16.3. The summed E-state index contributed by atoms with van der Waals surface area (Å²) in [6.45, 7) is 8.06. The lowest BCUT2D eigenvalue weighted by molar-refractivity contribution is -0.00591. The van der Waals surface area contributed by atoms with Gasteiger partial charge in [-0.05, 0) is 44.4 Å². The molecule has 188 valence electrons. The van der Waals surface area contributed by atoms with Gasteiger partial charge in [0.05, 0.1) is 35.5 Å². The van der Waals surface area contributed by atoms with Crippen LogP contribution in [0.1, 0.15) is 45.1 Å². The van der Waals surface area contributed by atoms with Crippen molar-refractivity contribution in [2.75, 3.05) is 11.9 Å². The highest BCUT2D eigenvalue weighted by molar-refractivity contribution is 6.08. The molecule has 0 radical (unpaired) electrons. The number of fused-ring (bicyclic) bond motifs is 5. The summed E-state index contributed by atoms with van der Waals surface area (Å²) < 4.78 is 3.49. The number of aryl methyl sites for hydroxylation is 1. The number of aliphatic hydroxyl groups is 1. The van der Waals surface area contributed by atoms with Gasteiger partial charge in [0.2, 0.25) is 0 Å². The molecule has 0 bridgehead atoms. The zero-order valence-corrected chi connectivity index (χ0v) is 21.7. The third kappa shape index (κ3) is 2.96. The number of benzene rings is 1. The molecule has 4 aromatic heterocycles. The maximum absolute atomic E-state index is 10.6. The molecule has 0 unspecified atom stereocenters. The number of aromatic nitrogens is 6. The van der Waals surface area contributed by atoms with E-state index in [4.69, 9.17) is 4.98 Å². The Hall–Kier alpha value is -3.91. The molecule has 0 amide bonds. The number of nitrogens with zero attached hydrogens (tertiary/aromatic N) is 6. The van der Waals surface area contributed by atoms with Gasteiger partial charge in [0.1, 0.15) is 5.65 Å². The highest BCUT2D eigenvalue weighted by Crippen LogP contribution is 2.59. The van der Waals surface area contributed by atoms with Gasteiger partial charge in [0.25, 0.3) is 0 Å². The highest BCUT2D eigenvalue weighted by Gasteiger charge is 2.49. The number of likely N-dealkylation sites (N-methyl/N-ethyl adjacent to an activating group) is 1. The van der Waals surface area contributed by atoms with Crippen molar-refractivity contribution in [1.29, 1.82) is 0 Å². The van der Waals surface area contributed by atoms with Crippen molar-refractivity contribution < 1.29 is 5.11 Å². The molecule has 1 spiro atoms. The number of nitrogens with one attached hydrogen (secondary N) is 1. The molecule has 1 aliphatic carbocycles. The van der Waals surface area contributed by atoms with E-state index in [1.54, 1.807) is 18.5 Å². The number of pyridine rings is 1. The fraction of sp³-hybridized carbons (Fsp3) is 0.345. The Morgan fingerprint density at radius 3 is 2.54 bits per heavy atom. The second kappa shape index (κ2) is 7.32. The van der Waals surface area contributed by atoms with Crippen LogP contribution in [0.5, 0.6) is 0 Å². The van der Waals surface area contributed by atoms with E-state index in [1.807, 2.05) is 36.5 Å². The lowest BCUT2D eigenvalue weighted by Gasteiger charge is -2.27. The fourth-order valence-electron chi connectivity index (χ4n) is 6.69. The van der Waals surface area contributed by atoms with Crippen molar-refractivity contribution in [1.82, 2.24) is 29.5 Å². The Bertz CT molecular complexity index is 1720. The van der Waals surface area contributed by atoms with Crippen LogP contribution in [0.4, 0.5) is 5.69 Å². The monoisotopic (exact) mass is 493 g/mol. The molecule has 2 N–H and O–H groups in total. The molecule has 1 aromatic carbocycles. The van der Waals surface area contributed by atoms with E-state index < -0.39 is 5.72 Å². The third-order valence-corrected chi connectivity index (χ3v) is 8.43. The van der Waals surface area contributed by atoms with Crippen molar-refractivity contribution in [2.24, 2.45) is 7.05 Å². The number of anilines is 1. The van der Waals surface area contributed by atoms with Crippen LogP contribution in [0, 0.1) is 0 Å². The smallest absolute Gasteiger partial charge is 0.152 e. The molecular formula is C29H31N7O. The summed E-state index contributed by atoms with van der Waals surface area (Å²) in [6.07, 6.45) is 12.4. The van der Waals surface area contributed by atoms with Gasteiger partial charge in [-0.15, -0.1) is 0 Å². The van der Waals surface area contributed by atoms with E-state index in [-0.39, 0.29) is 5.41 Å². The first-order valence-electron chi connectivity index (χ1n) is 12.9. The van der Waals surface area contributed by atoms with E-state index in [0.717, 1.165) is 62.8 Å². The van der Waals surface area contributed by atoms with Gasteiger partial charge in [-0.1, -0.05) is 25.5 Å². The molecule has 8 heteroatoms. The minimum absolute atomic E-state index is 0.0652. The van der Waals surface area contributed by atoms with Gasteiger partial charge < -0.3 is 15.0 Å². The number of allylic oxidation sites excluding steroid dienone is 1. The van der Waals surface area contributed by atoms with Crippen LogP contribution >= 0.6 is 0 Å². The number of hydrogen-bond donors (Lipinski definition) is 2. The molecule has 5 heterocycles. The largest absolute Gasteiger partial charge is 0.370 e. The van der Waals surface area contributed by atoms with Crippen molar-refractivity contribution >= 4 is 27.6 Å². The van der Waals surface area contributed by atoms with Crippen LogP contribution in [-0.4, -0.2) is 41.7 Å². The van der Waals surface area contributed by atoms with Gasteiger partial charge in [-0.2, -0.15) is 10.2 Å². The number of rotatable bonds is 3. The van der Waals surface area contributed by atoms with Crippen molar-refractivity contribution in [3.8, 4) is 22.4 Å². The average molecular weight is 494 g/mol. The topological polar surface area (TPSA) is 87.8 Å². The first-order valence-corrected chi connectivity index (χ1v) is 12.9. The number of hydrogen-bond acceptors (Lipinski definition) is 5. The lowest BCUT2D eigenvalue weighted by atomic mass is 9.76. The standard InChI is InChI=1S/C29H31N7O/c1-17-29(10-6-7-11-29)25-22(35(17)5)15-30-27-24(25)23(26(33-27)20-14-31-34(4)16-20)18-8-9-21-19(12-18)13-32-36(21)28(2,3)37/h8-9,12-16,37H,1,6-7,10-11H2,2-5H3,(H,30,33). The Balaban J connectivity index is 1.57. The SMILES string of the molecule is C=C1N(C)c2cnc3[nH]c(-c4cnn(C)c4)c(-c4ccc5c(cnn5C(C)(C)O)c4)c3c2C12CCCC2. The Morgan fingerprint density at radius 2 is 1.84 bits per heavy atom. The minimum Gasteiger partial charge on any atom is -0.370 e. The molecule has 0 atom stereocenters. The summed E-state index contributed by atoms with van der Waals surface area (Å²) in [4.78, 5) is 10.8. The summed E-state index contributed by atoms with van der Waals surface area (Å²) in [5.74, 6) is 0. The van der Waals surface area contributed by atoms with E-state index in [1.165, 1.54) is 24.1 Å². The Labute approximate surface area is 215 Å². The van der Waals surface area contributed by atoms with Crippen LogP contribution in [-0.2, 0) is 18.2 Å². The van der Waals surface area contributed by atoms with Crippen molar-refractivity contribution in [3.05, 3.63) is 60.8 Å². The average Bonchev–Trinajstić information content (AvgIpc) is 3.67. The molecule has 1 aliphatic heterocycles. The predicted octanol–water partition coefficient (Wildman–Crippen LogP) is 5.44. The molecule has 8 nitrogen and oxygen atoms in total. The van der Waals surface area contributed by atoms with Gasteiger partial charge >= 0.3 is 0 Å². The van der Waals surface area contributed by atoms with Gasteiger partial charge in [0.15, 0.2) is 5.72 Å². The van der Waals surface area contributed by atoms with Crippen molar-refractivity contribution in [2.45, 2.75) is 50.7 Å².